The molecular formula is C18H26N2O3. The summed E-state index contributed by atoms with van der Waals surface area (Å²) in [5, 5.41) is 0. The van der Waals surface area contributed by atoms with Gasteiger partial charge in [-0.3, -0.25) is 4.98 Å². The fourth-order valence-electron chi connectivity index (χ4n) is 3.50. The van der Waals surface area contributed by atoms with Crippen molar-refractivity contribution in [3.05, 3.63) is 24.5 Å². The minimum atomic E-state index is -0.424. The highest BCUT2D eigenvalue weighted by Gasteiger charge is 2.47. The molecule has 2 aliphatic rings. The summed E-state index contributed by atoms with van der Waals surface area (Å²) in [6.45, 7) is 7.30. The summed E-state index contributed by atoms with van der Waals surface area (Å²) in [6, 6.07) is 3.80. The first kappa shape index (κ1) is 16.1. The third-order valence-electron chi connectivity index (χ3n) is 4.75. The number of pyridine rings is 1. The lowest BCUT2D eigenvalue weighted by atomic mass is 9.61. The molecule has 0 unspecified atom stereocenters. The lowest BCUT2D eigenvalue weighted by molar-refractivity contribution is -0.0583. The van der Waals surface area contributed by atoms with Crippen LogP contribution in [0.25, 0.3) is 0 Å². The average Bonchev–Trinajstić information content (AvgIpc) is 2.45. The maximum atomic E-state index is 12.1. The zero-order valence-electron chi connectivity index (χ0n) is 14.2. The van der Waals surface area contributed by atoms with Gasteiger partial charge in [0.1, 0.15) is 11.4 Å². The normalized spacial score (nSPS) is 20.9. The second-order valence-electron chi connectivity index (χ2n) is 7.80. The Bertz CT molecular complexity index is 537. The summed E-state index contributed by atoms with van der Waals surface area (Å²) in [5.74, 6) is 0.894. The number of nitrogens with zero attached hydrogens (tertiary/aromatic N) is 2. The number of rotatable bonds is 2. The van der Waals surface area contributed by atoms with E-state index < -0.39 is 5.60 Å². The molecule has 1 spiro atoms. The molecule has 3 rings (SSSR count). The standard InChI is InChI=1S/C18H26N2O3/c1-17(2,3)23-16(21)20-10-6-18(7-11-20)12-15(13-18)22-14-4-8-19-9-5-14/h4-5,8-9,15H,6-7,10-13H2,1-3H3. The summed E-state index contributed by atoms with van der Waals surface area (Å²) >= 11 is 0. The Morgan fingerprint density at radius 3 is 2.39 bits per heavy atom. The Balaban J connectivity index is 1.44. The maximum absolute atomic E-state index is 12.1. The Kier molecular flexibility index (Phi) is 4.21. The fourth-order valence-corrected chi connectivity index (χ4v) is 3.50. The van der Waals surface area contributed by atoms with Gasteiger partial charge >= 0.3 is 6.09 Å². The van der Waals surface area contributed by atoms with Crippen LogP contribution in [-0.4, -0.2) is 40.8 Å². The molecule has 1 aliphatic heterocycles. The van der Waals surface area contributed by atoms with Crippen molar-refractivity contribution < 1.29 is 14.3 Å². The molecule has 5 nitrogen and oxygen atoms in total. The number of amides is 1. The first-order chi connectivity index (χ1) is 10.9. The van der Waals surface area contributed by atoms with Gasteiger partial charge in [0, 0.05) is 25.5 Å². The van der Waals surface area contributed by atoms with Gasteiger partial charge in [-0.2, -0.15) is 0 Å². The number of hydrogen-bond acceptors (Lipinski definition) is 4. The molecule has 1 saturated heterocycles. The van der Waals surface area contributed by atoms with Crippen molar-refractivity contribution in [2.75, 3.05) is 13.1 Å². The van der Waals surface area contributed by atoms with E-state index in [0.717, 1.165) is 44.5 Å². The first-order valence-corrected chi connectivity index (χ1v) is 8.40. The molecule has 1 amide bonds. The van der Waals surface area contributed by atoms with E-state index in [9.17, 15) is 4.79 Å². The van der Waals surface area contributed by atoms with Crippen molar-refractivity contribution in [2.45, 2.75) is 58.2 Å². The van der Waals surface area contributed by atoms with Crippen molar-refractivity contribution in [3.63, 3.8) is 0 Å². The van der Waals surface area contributed by atoms with Gasteiger partial charge < -0.3 is 14.4 Å². The zero-order chi connectivity index (χ0) is 16.5. The SMILES string of the molecule is CC(C)(C)OC(=O)N1CCC2(CC1)CC(Oc1ccncc1)C2. The topological polar surface area (TPSA) is 51.7 Å². The molecule has 1 aliphatic carbocycles. The molecule has 2 heterocycles. The molecule has 1 aromatic rings. The van der Waals surface area contributed by atoms with Crippen LogP contribution in [0.5, 0.6) is 5.75 Å². The summed E-state index contributed by atoms with van der Waals surface area (Å²) in [7, 11) is 0. The zero-order valence-corrected chi connectivity index (χ0v) is 14.2. The number of ether oxygens (including phenoxy) is 2. The summed E-state index contributed by atoms with van der Waals surface area (Å²) in [5.41, 5.74) is -0.0671. The smallest absolute Gasteiger partial charge is 0.410 e. The van der Waals surface area contributed by atoms with Gasteiger partial charge in [-0.1, -0.05) is 0 Å². The Hall–Kier alpha value is -1.78. The molecule has 23 heavy (non-hydrogen) atoms. The van der Waals surface area contributed by atoms with E-state index in [1.54, 1.807) is 12.4 Å². The number of likely N-dealkylation sites (tertiary alicyclic amines) is 1. The summed E-state index contributed by atoms with van der Waals surface area (Å²) in [4.78, 5) is 18.0. The Morgan fingerprint density at radius 1 is 1.22 bits per heavy atom. The van der Waals surface area contributed by atoms with Crippen LogP contribution in [0.1, 0.15) is 46.5 Å². The summed E-state index contributed by atoms with van der Waals surface area (Å²) < 4.78 is 11.4. The van der Waals surface area contributed by atoms with Gasteiger partial charge in [0.25, 0.3) is 0 Å². The van der Waals surface area contributed by atoms with Crippen LogP contribution in [0.4, 0.5) is 4.79 Å². The van der Waals surface area contributed by atoms with Gasteiger partial charge in [0.05, 0.1) is 6.10 Å². The van der Waals surface area contributed by atoms with E-state index in [1.165, 1.54) is 0 Å². The molecule has 126 valence electrons. The van der Waals surface area contributed by atoms with Crippen molar-refractivity contribution in [2.24, 2.45) is 5.41 Å². The average molecular weight is 318 g/mol. The maximum Gasteiger partial charge on any atom is 0.410 e. The Labute approximate surface area is 138 Å². The van der Waals surface area contributed by atoms with Crippen molar-refractivity contribution in [3.8, 4) is 5.75 Å². The van der Waals surface area contributed by atoms with E-state index >= 15 is 0 Å². The first-order valence-electron chi connectivity index (χ1n) is 8.40. The second kappa shape index (κ2) is 6.02. The van der Waals surface area contributed by atoms with Crippen LogP contribution in [0.2, 0.25) is 0 Å². The van der Waals surface area contributed by atoms with E-state index in [-0.39, 0.29) is 6.09 Å². The number of aromatic nitrogens is 1. The van der Waals surface area contributed by atoms with Gasteiger partial charge in [0.2, 0.25) is 0 Å². The molecule has 0 bridgehead atoms. The number of carbonyl (C=O) groups is 1. The van der Waals surface area contributed by atoms with E-state index in [1.807, 2.05) is 37.8 Å². The van der Waals surface area contributed by atoms with Gasteiger partial charge in [-0.05, 0) is 64.0 Å². The lowest BCUT2D eigenvalue weighted by Gasteiger charge is -2.51. The molecule has 1 aromatic heterocycles. The number of carbonyl (C=O) groups excluding carboxylic acids is 1. The molecule has 2 fully saturated rings. The van der Waals surface area contributed by atoms with Crippen molar-refractivity contribution in [1.29, 1.82) is 0 Å². The van der Waals surface area contributed by atoms with Crippen LogP contribution in [0, 0.1) is 5.41 Å². The second-order valence-corrected chi connectivity index (χ2v) is 7.80. The number of hydrogen-bond donors (Lipinski definition) is 0. The lowest BCUT2D eigenvalue weighted by Crippen LogP contribution is -2.52. The number of piperidine rings is 1. The third-order valence-corrected chi connectivity index (χ3v) is 4.75. The van der Waals surface area contributed by atoms with E-state index in [0.29, 0.717) is 11.5 Å². The largest absolute Gasteiger partial charge is 0.490 e. The molecular weight excluding hydrogens is 292 g/mol. The highest BCUT2D eigenvalue weighted by atomic mass is 16.6. The van der Waals surface area contributed by atoms with Crippen molar-refractivity contribution in [1.82, 2.24) is 9.88 Å². The molecule has 0 atom stereocenters. The van der Waals surface area contributed by atoms with Crippen molar-refractivity contribution >= 4 is 6.09 Å². The quantitative estimate of drug-likeness (QED) is 0.835. The van der Waals surface area contributed by atoms with Crippen LogP contribution in [0.3, 0.4) is 0 Å². The van der Waals surface area contributed by atoms with Crippen LogP contribution >= 0.6 is 0 Å². The minimum Gasteiger partial charge on any atom is -0.490 e. The molecule has 0 N–H and O–H groups in total. The highest BCUT2D eigenvalue weighted by molar-refractivity contribution is 5.68. The molecule has 0 aromatic carbocycles. The molecule has 1 saturated carbocycles. The van der Waals surface area contributed by atoms with E-state index in [4.69, 9.17) is 9.47 Å². The van der Waals surface area contributed by atoms with Gasteiger partial charge in [0.15, 0.2) is 0 Å². The van der Waals surface area contributed by atoms with Gasteiger partial charge in [-0.15, -0.1) is 0 Å². The predicted octanol–water partition coefficient (Wildman–Crippen LogP) is 3.64. The fraction of sp³-hybridized carbons (Fsp3) is 0.667. The van der Waals surface area contributed by atoms with Crippen LogP contribution in [-0.2, 0) is 4.74 Å². The molecule has 5 heteroatoms. The van der Waals surface area contributed by atoms with Gasteiger partial charge in [-0.25, -0.2) is 4.79 Å². The van der Waals surface area contributed by atoms with E-state index in [2.05, 4.69) is 4.98 Å². The van der Waals surface area contributed by atoms with Crippen LogP contribution < -0.4 is 4.74 Å². The highest BCUT2D eigenvalue weighted by Crippen LogP contribution is 2.50. The molecule has 0 radical (unpaired) electrons. The monoisotopic (exact) mass is 318 g/mol. The summed E-state index contributed by atoms with van der Waals surface area (Å²) in [6.07, 6.45) is 7.87. The Morgan fingerprint density at radius 2 is 1.83 bits per heavy atom. The third kappa shape index (κ3) is 3.95. The predicted molar refractivity (Wildman–Crippen MR) is 87.4 cm³/mol. The van der Waals surface area contributed by atoms with Crippen LogP contribution in [0.15, 0.2) is 24.5 Å². The minimum absolute atomic E-state index is 0.184.